The van der Waals surface area contributed by atoms with Crippen LogP contribution < -0.4 is 15.8 Å². The molecule has 0 fully saturated rings. The monoisotopic (exact) mass is 333 g/mol. The summed E-state index contributed by atoms with van der Waals surface area (Å²) in [4.78, 5) is 11.8. The average Bonchev–Trinajstić information content (AvgIpc) is 2.53. The van der Waals surface area contributed by atoms with Crippen molar-refractivity contribution in [2.45, 2.75) is 17.9 Å². The summed E-state index contributed by atoms with van der Waals surface area (Å²) in [5.41, 5.74) is 1.95. The standard InChI is InChI=1S/C16H19N3O3S/c17-23(21,22)15-8-6-13(7-9-15)10-11-18-16(20)19-12-14-4-2-1-3-5-14/h1-9H,10-12H2,(H2,17,21,22)(H2,18,19,20). The zero-order valence-corrected chi connectivity index (χ0v) is 13.3. The van der Waals surface area contributed by atoms with Crippen LogP contribution in [0.15, 0.2) is 59.5 Å². The lowest BCUT2D eigenvalue weighted by Gasteiger charge is -2.08. The normalized spacial score (nSPS) is 11.0. The van der Waals surface area contributed by atoms with Gasteiger partial charge in [0.1, 0.15) is 0 Å². The van der Waals surface area contributed by atoms with Crippen molar-refractivity contribution < 1.29 is 13.2 Å². The van der Waals surface area contributed by atoms with Gasteiger partial charge in [-0.15, -0.1) is 0 Å². The molecule has 0 bridgehead atoms. The van der Waals surface area contributed by atoms with Gasteiger partial charge in [0.25, 0.3) is 0 Å². The smallest absolute Gasteiger partial charge is 0.315 e. The molecule has 0 radical (unpaired) electrons. The van der Waals surface area contributed by atoms with E-state index in [-0.39, 0.29) is 10.9 Å². The zero-order valence-electron chi connectivity index (χ0n) is 12.5. The molecule has 23 heavy (non-hydrogen) atoms. The van der Waals surface area contributed by atoms with Gasteiger partial charge in [0.05, 0.1) is 4.90 Å². The van der Waals surface area contributed by atoms with Crippen LogP contribution in [-0.4, -0.2) is 21.0 Å². The first-order valence-electron chi connectivity index (χ1n) is 7.12. The van der Waals surface area contributed by atoms with Crippen LogP contribution >= 0.6 is 0 Å². The van der Waals surface area contributed by atoms with E-state index >= 15 is 0 Å². The molecule has 0 spiro atoms. The average molecular weight is 333 g/mol. The van der Waals surface area contributed by atoms with Crippen molar-refractivity contribution in [3.8, 4) is 0 Å². The molecule has 0 unspecified atom stereocenters. The molecule has 0 saturated heterocycles. The number of sulfonamides is 1. The zero-order chi connectivity index (χ0) is 16.7. The number of urea groups is 1. The number of nitrogens with one attached hydrogen (secondary N) is 2. The third-order valence-corrected chi connectivity index (χ3v) is 4.18. The molecule has 4 N–H and O–H groups in total. The number of amides is 2. The molecule has 2 amide bonds. The lowest BCUT2D eigenvalue weighted by atomic mass is 10.1. The Balaban J connectivity index is 1.73. The largest absolute Gasteiger partial charge is 0.338 e. The van der Waals surface area contributed by atoms with E-state index in [0.717, 1.165) is 11.1 Å². The highest BCUT2D eigenvalue weighted by molar-refractivity contribution is 7.89. The van der Waals surface area contributed by atoms with E-state index in [9.17, 15) is 13.2 Å². The third-order valence-electron chi connectivity index (χ3n) is 3.25. The van der Waals surface area contributed by atoms with Crippen molar-refractivity contribution in [3.63, 3.8) is 0 Å². The van der Waals surface area contributed by atoms with Crippen LogP contribution in [0.3, 0.4) is 0 Å². The predicted octanol–water partition coefficient (Wildman–Crippen LogP) is 1.38. The summed E-state index contributed by atoms with van der Waals surface area (Å²) in [6.07, 6.45) is 0.601. The highest BCUT2D eigenvalue weighted by Crippen LogP contribution is 2.08. The maximum absolute atomic E-state index is 11.7. The third kappa shape index (κ3) is 5.72. The fraction of sp³-hybridized carbons (Fsp3) is 0.188. The number of rotatable bonds is 6. The van der Waals surface area contributed by atoms with E-state index in [2.05, 4.69) is 10.6 Å². The summed E-state index contributed by atoms with van der Waals surface area (Å²) < 4.78 is 22.3. The van der Waals surface area contributed by atoms with E-state index in [1.165, 1.54) is 12.1 Å². The topological polar surface area (TPSA) is 101 Å². The Morgan fingerprint density at radius 3 is 2.17 bits per heavy atom. The van der Waals surface area contributed by atoms with Gasteiger partial charge in [-0.2, -0.15) is 0 Å². The van der Waals surface area contributed by atoms with Crippen LogP contribution in [0.25, 0.3) is 0 Å². The molecule has 0 aliphatic heterocycles. The SMILES string of the molecule is NS(=O)(=O)c1ccc(CCNC(=O)NCc2ccccc2)cc1. The minimum Gasteiger partial charge on any atom is -0.338 e. The fourth-order valence-corrected chi connectivity index (χ4v) is 2.52. The number of nitrogens with two attached hydrogens (primary N) is 1. The van der Waals surface area contributed by atoms with Gasteiger partial charge in [-0.3, -0.25) is 0 Å². The number of carbonyl (C=O) groups excluding carboxylic acids is 1. The number of benzene rings is 2. The molecule has 2 aromatic rings. The number of carbonyl (C=O) groups is 1. The molecule has 0 atom stereocenters. The lowest BCUT2D eigenvalue weighted by molar-refractivity contribution is 0.240. The summed E-state index contributed by atoms with van der Waals surface area (Å²) in [7, 11) is -3.67. The van der Waals surface area contributed by atoms with Gasteiger partial charge in [0.15, 0.2) is 0 Å². The highest BCUT2D eigenvalue weighted by atomic mass is 32.2. The first-order valence-corrected chi connectivity index (χ1v) is 8.67. The van der Waals surface area contributed by atoms with Gasteiger partial charge in [0, 0.05) is 13.1 Å². The van der Waals surface area contributed by atoms with Gasteiger partial charge >= 0.3 is 6.03 Å². The van der Waals surface area contributed by atoms with Crippen molar-refractivity contribution in [3.05, 3.63) is 65.7 Å². The molecule has 0 aromatic heterocycles. The first-order chi connectivity index (χ1) is 10.9. The molecule has 0 saturated carbocycles. The maximum Gasteiger partial charge on any atom is 0.315 e. The quantitative estimate of drug-likeness (QED) is 0.744. The Bertz CT molecular complexity index is 744. The Morgan fingerprint density at radius 2 is 1.57 bits per heavy atom. The number of hydrogen-bond donors (Lipinski definition) is 3. The van der Waals surface area contributed by atoms with Crippen molar-refractivity contribution in [1.82, 2.24) is 10.6 Å². The van der Waals surface area contributed by atoms with Gasteiger partial charge in [-0.25, -0.2) is 18.4 Å². The van der Waals surface area contributed by atoms with E-state index in [1.54, 1.807) is 12.1 Å². The van der Waals surface area contributed by atoms with Gasteiger partial charge in [-0.05, 0) is 29.7 Å². The molecule has 7 heteroatoms. The molecular weight excluding hydrogens is 314 g/mol. The van der Waals surface area contributed by atoms with Gasteiger partial charge < -0.3 is 10.6 Å². The van der Waals surface area contributed by atoms with Crippen LogP contribution in [-0.2, 0) is 23.0 Å². The summed E-state index contributed by atoms with van der Waals surface area (Å²) >= 11 is 0. The molecule has 2 rings (SSSR count). The molecule has 2 aromatic carbocycles. The van der Waals surface area contributed by atoms with E-state index in [1.807, 2.05) is 30.3 Å². The van der Waals surface area contributed by atoms with E-state index in [0.29, 0.717) is 19.5 Å². The van der Waals surface area contributed by atoms with Crippen LogP contribution in [0, 0.1) is 0 Å². The second-order valence-electron chi connectivity index (χ2n) is 5.03. The van der Waals surface area contributed by atoms with Crippen LogP contribution in [0.5, 0.6) is 0 Å². The summed E-state index contributed by atoms with van der Waals surface area (Å²) in [6, 6.07) is 15.7. The van der Waals surface area contributed by atoms with Gasteiger partial charge in [-0.1, -0.05) is 42.5 Å². The number of hydrogen-bond acceptors (Lipinski definition) is 3. The Labute approximate surface area is 135 Å². The van der Waals surface area contributed by atoms with Crippen LogP contribution in [0.1, 0.15) is 11.1 Å². The summed E-state index contributed by atoms with van der Waals surface area (Å²) in [6.45, 7) is 0.922. The highest BCUT2D eigenvalue weighted by Gasteiger charge is 2.06. The Hall–Kier alpha value is -2.38. The molecule has 0 aliphatic carbocycles. The van der Waals surface area contributed by atoms with Gasteiger partial charge in [0.2, 0.25) is 10.0 Å². The van der Waals surface area contributed by atoms with Crippen molar-refractivity contribution >= 4 is 16.1 Å². The Kier molecular flexibility index (Phi) is 5.72. The maximum atomic E-state index is 11.7. The molecule has 0 aliphatic rings. The molecule has 6 nitrogen and oxygen atoms in total. The molecule has 0 heterocycles. The van der Waals surface area contributed by atoms with E-state index in [4.69, 9.17) is 5.14 Å². The number of primary sulfonamides is 1. The Morgan fingerprint density at radius 1 is 0.913 bits per heavy atom. The van der Waals surface area contributed by atoms with Crippen molar-refractivity contribution in [2.24, 2.45) is 5.14 Å². The minimum atomic E-state index is -3.67. The first kappa shape index (κ1) is 17.0. The minimum absolute atomic E-state index is 0.0785. The fourth-order valence-electron chi connectivity index (χ4n) is 2.01. The molecular formula is C16H19N3O3S. The predicted molar refractivity (Wildman–Crippen MR) is 88.2 cm³/mol. The van der Waals surface area contributed by atoms with E-state index < -0.39 is 10.0 Å². The van der Waals surface area contributed by atoms with Crippen LogP contribution in [0.2, 0.25) is 0 Å². The lowest BCUT2D eigenvalue weighted by Crippen LogP contribution is -2.36. The summed E-state index contributed by atoms with van der Waals surface area (Å²) in [5, 5.41) is 10.6. The summed E-state index contributed by atoms with van der Waals surface area (Å²) in [5.74, 6) is 0. The van der Waals surface area contributed by atoms with Crippen LogP contribution in [0.4, 0.5) is 4.79 Å². The molecule has 122 valence electrons. The van der Waals surface area contributed by atoms with Crippen molar-refractivity contribution in [1.29, 1.82) is 0 Å². The second-order valence-corrected chi connectivity index (χ2v) is 6.60. The van der Waals surface area contributed by atoms with Crippen molar-refractivity contribution in [2.75, 3.05) is 6.54 Å². The second kappa shape index (κ2) is 7.75.